The number of carbonyl (C=O) groups excluding carboxylic acids is 1. The number of para-hydroxylation sites is 1. The van der Waals surface area contributed by atoms with Gasteiger partial charge in [-0.1, -0.05) is 48.5 Å². The maximum atomic E-state index is 12.1. The minimum absolute atomic E-state index is 0.147. The van der Waals surface area contributed by atoms with Crippen LogP contribution in [0.5, 0.6) is 0 Å². The maximum absolute atomic E-state index is 12.1. The van der Waals surface area contributed by atoms with Crippen LogP contribution in [0, 0.1) is 0 Å². The van der Waals surface area contributed by atoms with E-state index in [9.17, 15) is 4.79 Å². The van der Waals surface area contributed by atoms with Crippen molar-refractivity contribution in [1.82, 2.24) is 10.3 Å². The van der Waals surface area contributed by atoms with Crippen molar-refractivity contribution >= 4 is 16.8 Å². The molecule has 3 rings (SSSR count). The van der Waals surface area contributed by atoms with Gasteiger partial charge < -0.3 is 16.0 Å². The maximum Gasteiger partial charge on any atom is 0.241 e. The minimum Gasteiger partial charge on any atom is -0.361 e. The Bertz CT molecular complexity index is 764. The van der Waals surface area contributed by atoms with Gasteiger partial charge in [0.15, 0.2) is 0 Å². The van der Waals surface area contributed by atoms with E-state index in [1.807, 2.05) is 54.7 Å². The highest BCUT2D eigenvalue weighted by Crippen LogP contribution is 2.17. The first-order chi connectivity index (χ1) is 10.8. The van der Waals surface area contributed by atoms with E-state index in [0.29, 0.717) is 6.54 Å². The molecular formula is C18H19N3O. The molecule has 0 aliphatic rings. The lowest BCUT2D eigenvalue weighted by atomic mass is 10.1. The summed E-state index contributed by atoms with van der Waals surface area (Å²) in [5, 5.41) is 4.10. The Kier molecular flexibility index (Phi) is 4.21. The summed E-state index contributed by atoms with van der Waals surface area (Å²) in [4.78, 5) is 15.3. The molecule has 1 atom stereocenters. The molecule has 4 nitrogen and oxygen atoms in total. The summed E-state index contributed by atoms with van der Waals surface area (Å²) in [5.41, 5.74) is 9.11. The largest absolute Gasteiger partial charge is 0.361 e. The summed E-state index contributed by atoms with van der Waals surface area (Å²) in [6, 6.07) is 16.9. The summed E-state index contributed by atoms with van der Waals surface area (Å²) in [6.07, 6.45) is 2.77. The first kappa shape index (κ1) is 14.4. The molecule has 0 saturated heterocycles. The zero-order valence-electron chi connectivity index (χ0n) is 12.3. The number of nitrogens with two attached hydrogens (primary N) is 1. The standard InChI is InChI=1S/C18H19N3O/c19-17(13-6-2-1-3-7-13)18(22)20-11-10-14-12-21-16-9-5-4-8-15(14)16/h1-9,12,17,21H,10-11,19H2,(H,20,22)/t17-/m0/s1. The third-order valence-corrected chi connectivity index (χ3v) is 3.81. The lowest BCUT2D eigenvalue weighted by molar-refractivity contribution is -0.122. The average Bonchev–Trinajstić information content (AvgIpc) is 2.98. The van der Waals surface area contributed by atoms with Gasteiger partial charge in [0.25, 0.3) is 0 Å². The lowest BCUT2D eigenvalue weighted by Crippen LogP contribution is -2.35. The van der Waals surface area contributed by atoms with Crippen LogP contribution >= 0.6 is 0 Å². The number of nitrogens with one attached hydrogen (secondary N) is 2. The molecule has 0 radical (unpaired) electrons. The van der Waals surface area contributed by atoms with Crippen molar-refractivity contribution in [2.45, 2.75) is 12.5 Å². The molecule has 4 N–H and O–H groups in total. The smallest absolute Gasteiger partial charge is 0.241 e. The van der Waals surface area contributed by atoms with Crippen molar-refractivity contribution in [1.29, 1.82) is 0 Å². The molecule has 0 bridgehead atoms. The number of rotatable bonds is 5. The first-order valence-electron chi connectivity index (χ1n) is 7.39. The summed E-state index contributed by atoms with van der Waals surface area (Å²) < 4.78 is 0. The highest BCUT2D eigenvalue weighted by Gasteiger charge is 2.14. The molecule has 0 unspecified atom stereocenters. The molecule has 1 amide bonds. The van der Waals surface area contributed by atoms with Crippen molar-refractivity contribution in [3.63, 3.8) is 0 Å². The van der Waals surface area contributed by atoms with Crippen LogP contribution in [-0.2, 0) is 11.2 Å². The van der Waals surface area contributed by atoms with E-state index in [-0.39, 0.29) is 5.91 Å². The van der Waals surface area contributed by atoms with Gasteiger partial charge >= 0.3 is 0 Å². The number of hydrogen-bond donors (Lipinski definition) is 3. The fraction of sp³-hybridized carbons (Fsp3) is 0.167. The van der Waals surface area contributed by atoms with Gasteiger partial charge in [0, 0.05) is 23.6 Å². The Hall–Kier alpha value is -2.59. The number of carbonyl (C=O) groups is 1. The van der Waals surface area contributed by atoms with E-state index >= 15 is 0 Å². The summed E-state index contributed by atoms with van der Waals surface area (Å²) in [7, 11) is 0. The molecular weight excluding hydrogens is 274 g/mol. The SMILES string of the molecule is N[C@H](C(=O)NCCc1c[nH]c2ccccc12)c1ccccc1. The highest BCUT2D eigenvalue weighted by atomic mass is 16.2. The third-order valence-electron chi connectivity index (χ3n) is 3.81. The Morgan fingerprint density at radius 3 is 2.64 bits per heavy atom. The summed E-state index contributed by atoms with van der Waals surface area (Å²) in [6.45, 7) is 0.571. The fourth-order valence-electron chi connectivity index (χ4n) is 2.58. The van der Waals surface area contributed by atoms with E-state index in [1.54, 1.807) is 0 Å². The fourth-order valence-corrected chi connectivity index (χ4v) is 2.58. The average molecular weight is 293 g/mol. The highest BCUT2D eigenvalue weighted by molar-refractivity contribution is 5.84. The van der Waals surface area contributed by atoms with Crippen molar-refractivity contribution in [3.05, 3.63) is 71.9 Å². The number of aromatic amines is 1. The van der Waals surface area contributed by atoms with E-state index in [4.69, 9.17) is 5.73 Å². The molecule has 0 saturated carbocycles. The van der Waals surface area contributed by atoms with E-state index in [0.717, 1.165) is 17.5 Å². The van der Waals surface area contributed by atoms with Crippen LogP contribution in [0.1, 0.15) is 17.2 Å². The van der Waals surface area contributed by atoms with Crippen LogP contribution in [0.15, 0.2) is 60.8 Å². The van der Waals surface area contributed by atoms with Crippen molar-refractivity contribution in [3.8, 4) is 0 Å². The van der Waals surface area contributed by atoms with Crippen molar-refractivity contribution < 1.29 is 4.79 Å². The third kappa shape index (κ3) is 3.02. The molecule has 0 spiro atoms. The number of H-pyrrole nitrogens is 1. The van der Waals surface area contributed by atoms with Crippen molar-refractivity contribution in [2.24, 2.45) is 5.73 Å². The van der Waals surface area contributed by atoms with Crippen LogP contribution in [0.2, 0.25) is 0 Å². The van der Waals surface area contributed by atoms with Gasteiger partial charge in [-0.2, -0.15) is 0 Å². The van der Waals surface area contributed by atoms with Gasteiger partial charge in [0.2, 0.25) is 5.91 Å². The van der Waals surface area contributed by atoms with E-state index in [2.05, 4.69) is 16.4 Å². The normalized spacial score (nSPS) is 12.2. The molecule has 0 aliphatic heterocycles. The Labute approximate surface area is 129 Å². The zero-order valence-corrected chi connectivity index (χ0v) is 12.3. The zero-order chi connectivity index (χ0) is 15.4. The van der Waals surface area contributed by atoms with Gasteiger partial charge in [-0.15, -0.1) is 0 Å². The monoisotopic (exact) mass is 293 g/mol. The number of amides is 1. The predicted molar refractivity (Wildman–Crippen MR) is 88.4 cm³/mol. The molecule has 4 heteroatoms. The molecule has 112 valence electrons. The molecule has 0 aliphatic carbocycles. The topological polar surface area (TPSA) is 70.9 Å². The molecule has 0 fully saturated rings. The second-order valence-corrected chi connectivity index (χ2v) is 5.29. The van der Waals surface area contributed by atoms with Crippen molar-refractivity contribution in [2.75, 3.05) is 6.54 Å². The van der Waals surface area contributed by atoms with Gasteiger partial charge in [-0.05, 0) is 23.6 Å². The van der Waals surface area contributed by atoms with Gasteiger partial charge in [-0.25, -0.2) is 0 Å². The Morgan fingerprint density at radius 1 is 1.09 bits per heavy atom. The van der Waals surface area contributed by atoms with Crippen LogP contribution < -0.4 is 11.1 Å². The predicted octanol–water partition coefficient (Wildman–Crippen LogP) is 2.53. The van der Waals surface area contributed by atoms with Gasteiger partial charge in [0.1, 0.15) is 6.04 Å². The minimum atomic E-state index is -0.621. The van der Waals surface area contributed by atoms with E-state index < -0.39 is 6.04 Å². The molecule has 22 heavy (non-hydrogen) atoms. The molecule has 2 aromatic carbocycles. The van der Waals surface area contributed by atoms with Crippen LogP contribution in [0.4, 0.5) is 0 Å². The first-order valence-corrected chi connectivity index (χ1v) is 7.39. The Morgan fingerprint density at radius 2 is 1.82 bits per heavy atom. The molecule has 1 heterocycles. The van der Waals surface area contributed by atoms with Crippen LogP contribution in [-0.4, -0.2) is 17.4 Å². The second kappa shape index (κ2) is 6.45. The summed E-state index contributed by atoms with van der Waals surface area (Å²) in [5.74, 6) is -0.147. The number of hydrogen-bond acceptors (Lipinski definition) is 2. The number of fused-ring (bicyclic) bond motifs is 1. The van der Waals surface area contributed by atoms with E-state index in [1.165, 1.54) is 10.9 Å². The number of aromatic nitrogens is 1. The molecule has 1 aromatic heterocycles. The molecule has 3 aromatic rings. The quantitative estimate of drug-likeness (QED) is 0.676. The number of benzene rings is 2. The van der Waals surface area contributed by atoms with Gasteiger partial charge in [0.05, 0.1) is 0 Å². The lowest BCUT2D eigenvalue weighted by Gasteiger charge is -2.12. The van der Waals surface area contributed by atoms with Crippen LogP contribution in [0.25, 0.3) is 10.9 Å². The van der Waals surface area contributed by atoms with Crippen LogP contribution in [0.3, 0.4) is 0 Å². The Balaban J connectivity index is 1.58. The second-order valence-electron chi connectivity index (χ2n) is 5.29. The van der Waals surface area contributed by atoms with Gasteiger partial charge in [-0.3, -0.25) is 4.79 Å². The summed E-state index contributed by atoms with van der Waals surface area (Å²) >= 11 is 0.